The van der Waals surface area contributed by atoms with Gasteiger partial charge in [-0.05, 0) is 43.5 Å². The van der Waals surface area contributed by atoms with Gasteiger partial charge in [-0.3, -0.25) is 4.79 Å². The summed E-state index contributed by atoms with van der Waals surface area (Å²) in [6.07, 6.45) is 4.05. The number of nitrogens with zero attached hydrogens (tertiary/aromatic N) is 2. The molecule has 0 bridgehead atoms. The number of hydrogen-bond acceptors (Lipinski definition) is 3. The van der Waals surface area contributed by atoms with Crippen LogP contribution < -0.4 is 10.1 Å². The van der Waals surface area contributed by atoms with Gasteiger partial charge in [0.1, 0.15) is 18.2 Å². The molecule has 3 rings (SSSR count). The first kappa shape index (κ1) is 21.9. The van der Waals surface area contributed by atoms with Crippen LogP contribution in [0, 0.1) is 12.8 Å². The lowest BCUT2D eigenvalue weighted by Gasteiger charge is -2.12. The summed E-state index contributed by atoms with van der Waals surface area (Å²) in [6, 6.07) is 16.4. The van der Waals surface area contributed by atoms with E-state index in [2.05, 4.69) is 41.1 Å². The number of ether oxygens (including phenoxy) is 1. The van der Waals surface area contributed by atoms with Crippen molar-refractivity contribution in [2.75, 3.05) is 13.2 Å². The van der Waals surface area contributed by atoms with Crippen molar-refractivity contribution in [3.8, 4) is 5.75 Å². The van der Waals surface area contributed by atoms with Gasteiger partial charge in [-0.15, -0.1) is 0 Å². The van der Waals surface area contributed by atoms with Gasteiger partial charge in [-0.1, -0.05) is 50.6 Å². The number of nitrogens with one attached hydrogen (secondary N) is 1. The molecule has 1 aromatic heterocycles. The molecule has 1 amide bonds. The number of unbranched alkanes of at least 4 members (excludes halogenated alkanes) is 2. The van der Waals surface area contributed by atoms with E-state index in [0.29, 0.717) is 6.61 Å². The van der Waals surface area contributed by atoms with E-state index in [1.807, 2.05) is 38.1 Å². The van der Waals surface area contributed by atoms with E-state index < -0.39 is 0 Å². The van der Waals surface area contributed by atoms with Crippen LogP contribution >= 0.6 is 0 Å². The lowest BCUT2D eigenvalue weighted by molar-refractivity contribution is -0.123. The van der Waals surface area contributed by atoms with Gasteiger partial charge in [0.15, 0.2) is 0 Å². The molecule has 160 valence electrons. The van der Waals surface area contributed by atoms with Crippen molar-refractivity contribution in [1.29, 1.82) is 0 Å². The number of para-hydroxylation sites is 3. The third-order valence-electron chi connectivity index (χ3n) is 5.30. The van der Waals surface area contributed by atoms with E-state index in [9.17, 15) is 4.79 Å². The minimum absolute atomic E-state index is 0.0480. The largest absolute Gasteiger partial charge is 0.491 e. The number of rotatable bonds is 11. The highest BCUT2D eigenvalue weighted by Crippen LogP contribution is 2.19. The summed E-state index contributed by atoms with van der Waals surface area (Å²) in [5.74, 6) is 2.22. The fraction of sp³-hybridized carbons (Fsp3) is 0.440. The van der Waals surface area contributed by atoms with Gasteiger partial charge in [-0.2, -0.15) is 0 Å². The molecule has 0 unspecified atom stereocenters. The maximum atomic E-state index is 11.6. The maximum Gasteiger partial charge on any atom is 0.222 e. The molecule has 0 saturated carbocycles. The number of aryl methyl sites for hydroxylation is 2. The number of aromatic nitrogens is 2. The number of hydrogen-bond donors (Lipinski definition) is 1. The minimum atomic E-state index is 0.0480. The summed E-state index contributed by atoms with van der Waals surface area (Å²) >= 11 is 0. The topological polar surface area (TPSA) is 56.1 Å². The molecule has 0 aliphatic rings. The predicted octanol–water partition coefficient (Wildman–Crippen LogP) is 4.91. The first-order chi connectivity index (χ1) is 14.6. The zero-order valence-corrected chi connectivity index (χ0v) is 18.4. The summed E-state index contributed by atoms with van der Waals surface area (Å²) < 4.78 is 8.31. The second-order valence-corrected chi connectivity index (χ2v) is 8.04. The molecular formula is C25H33N3O2. The Hall–Kier alpha value is -2.82. The van der Waals surface area contributed by atoms with Crippen LogP contribution in [0.3, 0.4) is 0 Å². The molecule has 5 heteroatoms. The molecular weight excluding hydrogens is 374 g/mol. The quantitative estimate of drug-likeness (QED) is 0.460. The lowest BCUT2D eigenvalue weighted by atomic mass is 10.1. The second kappa shape index (κ2) is 10.8. The molecule has 3 aromatic rings. The van der Waals surface area contributed by atoms with Crippen molar-refractivity contribution in [2.24, 2.45) is 5.92 Å². The molecule has 0 aliphatic heterocycles. The molecule has 1 heterocycles. The van der Waals surface area contributed by atoms with E-state index >= 15 is 0 Å². The molecule has 0 aliphatic carbocycles. The van der Waals surface area contributed by atoms with E-state index in [4.69, 9.17) is 9.72 Å². The molecule has 0 fully saturated rings. The fourth-order valence-corrected chi connectivity index (χ4v) is 3.53. The Morgan fingerprint density at radius 2 is 1.83 bits per heavy atom. The van der Waals surface area contributed by atoms with Crippen LogP contribution in [-0.2, 0) is 17.8 Å². The van der Waals surface area contributed by atoms with Crippen LogP contribution in [-0.4, -0.2) is 28.6 Å². The summed E-state index contributed by atoms with van der Waals surface area (Å²) in [7, 11) is 0. The van der Waals surface area contributed by atoms with E-state index in [0.717, 1.165) is 66.9 Å². The summed E-state index contributed by atoms with van der Waals surface area (Å²) in [5.41, 5.74) is 3.34. The Morgan fingerprint density at radius 3 is 2.63 bits per heavy atom. The zero-order valence-electron chi connectivity index (χ0n) is 18.4. The zero-order chi connectivity index (χ0) is 21.3. The average Bonchev–Trinajstić information content (AvgIpc) is 3.09. The Balaban J connectivity index is 1.55. The molecule has 1 N–H and O–H groups in total. The Morgan fingerprint density at radius 1 is 1.07 bits per heavy atom. The summed E-state index contributed by atoms with van der Waals surface area (Å²) in [5, 5.41) is 2.99. The Bertz CT molecular complexity index is 962. The fourth-order valence-electron chi connectivity index (χ4n) is 3.53. The maximum absolute atomic E-state index is 11.6. The first-order valence-corrected chi connectivity index (χ1v) is 11.0. The molecule has 0 saturated heterocycles. The molecule has 0 radical (unpaired) electrons. The summed E-state index contributed by atoms with van der Waals surface area (Å²) in [6.45, 7) is 8.04. The Kier molecular flexibility index (Phi) is 7.89. The highest BCUT2D eigenvalue weighted by atomic mass is 16.5. The normalized spacial score (nSPS) is 11.2. The molecule has 2 aromatic carbocycles. The first-order valence-electron chi connectivity index (χ1n) is 11.0. The van der Waals surface area contributed by atoms with Crippen molar-refractivity contribution in [3.05, 3.63) is 59.9 Å². The van der Waals surface area contributed by atoms with E-state index in [-0.39, 0.29) is 11.8 Å². The number of fused-ring (bicyclic) bond motifs is 1. The monoisotopic (exact) mass is 407 g/mol. The van der Waals surface area contributed by atoms with Crippen LogP contribution in [0.25, 0.3) is 11.0 Å². The van der Waals surface area contributed by atoms with Gasteiger partial charge in [0.05, 0.1) is 17.6 Å². The SMILES string of the molecule is Cc1ccccc1OCCn1c(CCCCCNC(=O)C(C)C)nc2ccccc21. The van der Waals surface area contributed by atoms with Crippen LogP contribution in [0.5, 0.6) is 5.75 Å². The van der Waals surface area contributed by atoms with Gasteiger partial charge < -0.3 is 14.6 Å². The third kappa shape index (κ3) is 5.85. The van der Waals surface area contributed by atoms with Crippen molar-refractivity contribution in [3.63, 3.8) is 0 Å². The minimum Gasteiger partial charge on any atom is -0.491 e. The highest BCUT2D eigenvalue weighted by molar-refractivity contribution is 5.77. The molecule has 30 heavy (non-hydrogen) atoms. The summed E-state index contributed by atoms with van der Waals surface area (Å²) in [4.78, 5) is 16.5. The van der Waals surface area contributed by atoms with Gasteiger partial charge in [0, 0.05) is 18.9 Å². The number of carbonyl (C=O) groups excluding carboxylic acids is 1. The second-order valence-electron chi connectivity index (χ2n) is 8.04. The number of amides is 1. The van der Waals surface area contributed by atoms with Crippen LogP contribution in [0.2, 0.25) is 0 Å². The van der Waals surface area contributed by atoms with Gasteiger partial charge in [0.2, 0.25) is 5.91 Å². The van der Waals surface area contributed by atoms with Crippen molar-refractivity contribution < 1.29 is 9.53 Å². The standard InChI is InChI=1S/C25H33N3O2/c1-19(2)25(29)26-16-10-4-5-15-24-27-21-12-7-8-13-22(21)28(24)17-18-30-23-14-9-6-11-20(23)3/h6-9,11-14,19H,4-5,10,15-18H2,1-3H3,(H,26,29). The van der Waals surface area contributed by atoms with Gasteiger partial charge in [0.25, 0.3) is 0 Å². The van der Waals surface area contributed by atoms with E-state index in [1.54, 1.807) is 0 Å². The van der Waals surface area contributed by atoms with E-state index in [1.165, 1.54) is 0 Å². The van der Waals surface area contributed by atoms with Gasteiger partial charge in [-0.25, -0.2) is 4.98 Å². The molecule has 5 nitrogen and oxygen atoms in total. The predicted molar refractivity (Wildman–Crippen MR) is 122 cm³/mol. The number of carbonyl (C=O) groups is 1. The van der Waals surface area contributed by atoms with Gasteiger partial charge >= 0.3 is 0 Å². The van der Waals surface area contributed by atoms with Crippen molar-refractivity contribution in [1.82, 2.24) is 14.9 Å². The van der Waals surface area contributed by atoms with Crippen LogP contribution in [0.15, 0.2) is 48.5 Å². The number of benzene rings is 2. The van der Waals surface area contributed by atoms with Crippen molar-refractivity contribution >= 4 is 16.9 Å². The van der Waals surface area contributed by atoms with Crippen LogP contribution in [0.4, 0.5) is 0 Å². The van der Waals surface area contributed by atoms with Crippen LogP contribution in [0.1, 0.15) is 44.5 Å². The number of imidazole rings is 1. The Labute approximate surface area is 179 Å². The lowest BCUT2D eigenvalue weighted by Crippen LogP contribution is -2.28. The molecule has 0 spiro atoms. The smallest absolute Gasteiger partial charge is 0.222 e. The highest BCUT2D eigenvalue weighted by Gasteiger charge is 2.11. The average molecular weight is 408 g/mol. The third-order valence-corrected chi connectivity index (χ3v) is 5.30. The molecule has 0 atom stereocenters. The van der Waals surface area contributed by atoms with Crippen molar-refractivity contribution in [2.45, 2.75) is 53.0 Å².